The molecule has 0 heterocycles. The highest BCUT2D eigenvalue weighted by molar-refractivity contribution is 5.29. The molecule has 0 radical (unpaired) electrons. The predicted octanol–water partition coefficient (Wildman–Crippen LogP) is 3.84. The third-order valence-corrected chi connectivity index (χ3v) is 3.86. The lowest BCUT2D eigenvalue weighted by Gasteiger charge is -2.33. The first-order valence-electron chi connectivity index (χ1n) is 8.03. The fraction of sp³-hybridized carbons (Fsp3) is 0.667. The number of nitrogens with two attached hydrogens (primary N) is 1. The van der Waals surface area contributed by atoms with Crippen LogP contribution in [0.2, 0.25) is 0 Å². The summed E-state index contributed by atoms with van der Waals surface area (Å²) in [6.07, 6.45) is 1.39. The average molecular weight is 292 g/mol. The predicted molar refractivity (Wildman–Crippen MR) is 90.7 cm³/mol. The lowest BCUT2D eigenvalue weighted by atomic mass is 9.99. The van der Waals surface area contributed by atoms with Gasteiger partial charge in [-0.15, -0.1) is 0 Å². The average Bonchev–Trinajstić information content (AvgIpc) is 2.40. The molecule has 1 rings (SSSR count). The van der Waals surface area contributed by atoms with Gasteiger partial charge in [0.05, 0.1) is 6.10 Å². The molecule has 120 valence electrons. The molecule has 2 atom stereocenters. The van der Waals surface area contributed by atoms with Gasteiger partial charge in [0.25, 0.3) is 0 Å². The summed E-state index contributed by atoms with van der Waals surface area (Å²) in [6, 6.07) is 9.12. The Morgan fingerprint density at radius 3 is 2.05 bits per heavy atom. The second kappa shape index (κ2) is 8.40. The van der Waals surface area contributed by atoms with Crippen LogP contribution in [0.3, 0.4) is 0 Å². The van der Waals surface area contributed by atoms with Crippen LogP contribution in [-0.4, -0.2) is 30.6 Å². The second-order valence-corrected chi connectivity index (χ2v) is 6.63. The zero-order chi connectivity index (χ0) is 16.0. The molecule has 21 heavy (non-hydrogen) atoms. The van der Waals surface area contributed by atoms with E-state index in [1.165, 1.54) is 12.0 Å². The van der Waals surface area contributed by atoms with Gasteiger partial charge in [0, 0.05) is 18.6 Å². The highest BCUT2D eigenvalue weighted by atomic mass is 16.5. The first-order valence-corrected chi connectivity index (χ1v) is 8.03. The Morgan fingerprint density at radius 2 is 1.62 bits per heavy atom. The normalized spacial score (nSPS) is 14.8. The lowest BCUT2D eigenvalue weighted by Crippen LogP contribution is -2.37. The van der Waals surface area contributed by atoms with Crippen molar-refractivity contribution in [3.8, 4) is 5.75 Å². The molecule has 3 nitrogen and oxygen atoms in total. The van der Waals surface area contributed by atoms with E-state index in [0.717, 1.165) is 5.75 Å². The molecule has 0 aromatic heterocycles. The summed E-state index contributed by atoms with van der Waals surface area (Å²) >= 11 is 0. The zero-order valence-electron chi connectivity index (χ0n) is 14.5. The number of likely N-dealkylation sites (N-methyl/N-ethyl adjacent to an activating group) is 1. The summed E-state index contributed by atoms with van der Waals surface area (Å²) < 4.78 is 5.70. The van der Waals surface area contributed by atoms with Crippen LogP contribution >= 0.6 is 0 Å². The first kappa shape index (κ1) is 18.0. The van der Waals surface area contributed by atoms with Crippen LogP contribution in [0.15, 0.2) is 24.3 Å². The fourth-order valence-electron chi connectivity index (χ4n) is 2.73. The molecule has 3 heteroatoms. The molecule has 1 aromatic carbocycles. The Bertz CT molecular complexity index is 400. The monoisotopic (exact) mass is 292 g/mol. The van der Waals surface area contributed by atoms with Crippen LogP contribution in [0, 0.1) is 5.92 Å². The summed E-state index contributed by atoms with van der Waals surface area (Å²) in [4.78, 5) is 2.39. The number of benzene rings is 1. The SMILES string of the molecule is CC(C)CC(C)N(C)C(CN)c1ccc(OC(C)C)cc1. The topological polar surface area (TPSA) is 38.5 Å². The maximum Gasteiger partial charge on any atom is 0.119 e. The van der Waals surface area contributed by atoms with Crippen molar-refractivity contribution in [2.45, 2.75) is 59.2 Å². The summed E-state index contributed by atoms with van der Waals surface area (Å²) in [5.41, 5.74) is 7.28. The number of nitrogens with zero attached hydrogens (tertiary/aromatic N) is 1. The molecule has 0 amide bonds. The maximum atomic E-state index is 6.02. The van der Waals surface area contributed by atoms with Gasteiger partial charge in [0.1, 0.15) is 5.75 Å². The lowest BCUT2D eigenvalue weighted by molar-refractivity contribution is 0.168. The molecular weight excluding hydrogens is 260 g/mol. The minimum atomic E-state index is 0.204. The second-order valence-electron chi connectivity index (χ2n) is 6.63. The minimum absolute atomic E-state index is 0.204. The standard InChI is InChI=1S/C18H32N2O/c1-13(2)11-15(5)20(6)18(12-19)16-7-9-17(10-8-16)21-14(3)4/h7-10,13-15,18H,11-12,19H2,1-6H3. The molecule has 0 saturated heterocycles. The molecule has 0 aliphatic heterocycles. The third-order valence-electron chi connectivity index (χ3n) is 3.86. The molecule has 0 aliphatic rings. The number of hydrogen-bond donors (Lipinski definition) is 1. The van der Waals surface area contributed by atoms with Crippen molar-refractivity contribution < 1.29 is 4.74 Å². The van der Waals surface area contributed by atoms with E-state index < -0.39 is 0 Å². The van der Waals surface area contributed by atoms with Gasteiger partial charge < -0.3 is 10.5 Å². The van der Waals surface area contributed by atoms with Gasteiger partial charge in [-0.25, -0.2) is 0 Å². The van der Waals surface area contributed by atoms with Crippen molar-refractivity contribution in [2.24, 2.45) is 11.7 Å². The van der Waals surface area contributed by atoms with E-state index in [1.54, 1.807) is 0 Å². The first-order chi connectivity index (χ1) is 9.85. The van der Waals surface area contributed by atoms with E-state index in [9.17, 15) is 0 Å². The van der Waals surface area contributed by atoms with E-state index in [0.29, 0.717) is 18.5 Å². The van der Waals surface area contributed by atoms with Crippen LogP contribution < -0.4 is 10.5 Å². The minimum Gasteiger partial charge on any atom is -0.491 e. The molecule has 0 aliphatic carbocycles. The van der Waals surface area contributed by atoms with Gasteiger partial charge in [-0.1, -0.05) is 26.0 Å². The summed E-state index contributed by atoms with van der Waals surface area (Å²) in [5, 5.41) is 0. The van der Waals surface area contributed by atoms with Crippen LogP contribution in [0.5, 0.6) is 5.75 Å². The molecular formula is C18H32N2O. The number of ether oxygens (including phenoxy) is 1. The van der Waals surface area contributed by atoms with Crippen molar-refractivity contribution >= 4 is 0 Å². The molecule has 0 saturated carbocycles. The van der Waals surface area contributed by atoms with Gasteiger partial charge >= 0.3 is 0 Å². The zero-order valence-corrected chi connectivity index (χ0v) is 14.5. The Hall–Kier alpha value is -1.06. The molecule has 0 spiro atoms. The smallest absolute Gasteiger partial charge is 0.119 e. The number of rotatable bonds is 8. The molecule has 2 N–H and O–H groups in total. The Balaban J connectivity index is 2.79. The van der Waals surface area contributed by atoms with E-state index >= 15 is 0 Å². The van der Waals surface area contributed by atoms with Gasteiger partial charge in [-0.05, 0) is 57.9 Å². The highest BCUT2D eigenvalue weighted by Crippen LogP contribution is 2.25. The van der Waals surface area contributed by atoms with Gasteiger partial charge in [0.15, 0.2) is 0 Å². The molecule has 2 unspecified atom stereocenters. The van der Waals surface area contributed by atoms with Gasteiger partial charge in [-0.2, -0.15) is 0 Å². The van der Waals surface area contributed by atoms with Crippen LogP contribution in [0.25, 0.3) is 0 Å². The third kappa shape index (κ3) is 5.68. The van der Waals surface area contributed by atoms with Crippen molar-refractivity contribution in [3.05, 3.63) is 29.8 Å². The van der Waals surface area contributed by atoms with E-state index in [1.807, 2.05) is 26.0 Å². The summed E-state index contributed by atoms with van der Waals surface area (Å²) in [6.45, 7) is 11.5. The Kier molecular flexibility index (Phi) is 7.20. The molecule has 0 fully saturated rings. The van der Waals surface area contributed by atoms with E-state index in [-0.39, 0.29) is 12.1 Å². The van der Waals surface area contributed by atoms with Gasteiger partial charge in [-0.3, -0.25) is 4.90 Å². The van der Waals surface area contributed by atoms with Crippen LogP contribution in [-0.2, 0) is 0 Å². The van der Waals surface area contributed by atoms with Gasteiger partial charge in [0.2, 0.25) is 0 Å². The highest BCUT2D eigenvalue weighted by Gasteiger charge is 2.21. The largest absolute Gasteiger partial charge is 0.491 e. The maximum absolute atomic E-state index is 6.02. The Morgan fingerprint density at radius 1 is 1.05 bits per heavy atom. The van der Waals surface area contributed by atoms with Crippen molar-refractivity contribution in [3.63, 3.8) is 0 Å². The van der Waals surface area contributed by atoms with Crippen molar-refractivity contribution in [2.75, 3.05) is 13.6 Å². The Labute approximate surface area is 130 Å². The van der Waals surface area contributed by atoms with E-state index in [4.69, 9.17) is 10.5 Å². The number of hydrogen-bond acceptors (Lipinski definition) is 3. The van der Waals surface area contributed by atoms with Crippen molar-refractivity contribution in [1.29, 1.82) is 0 Å². The summed E-state index contributed by atoms with van der Waals surface area (Å²) in [5.74, 6) is 1.62. The quantitative estimate of drug-likeness (QED) is 0.791. The van der Waals surface area contributed by atoms with E-state index in [2.05, 4.69) is 44.9 Å². The van der Waals surface area contributed by atoms with Crippen molar-refractivity contribution in [1.82, 2.24) is 4.90 Å². The fourth-order valence-corrected chi connectivity index (χ4v) is 2.73. The van der Waals surface area contributed by atoms with Crippen LogP contribution in [0.4, 0.5) is 0 Å². The van der Waals surface area contributed by atoms with Crippen LogP contribution in [0.1, 0.15) is 52.6 Å². The molecule has 1 aromatic rings. The summed E-state index contributed by atoms with van der Waals surface area (Å²) in [7, 11) is 2.17. The molecule has 0 bridgehead atoms.